The molecule has 1 aromatic carbocycles. The van der Waals surface area contributed by atoms with Crippen LogP contribution in [0.1, 0.15) is 28.3 Å². The number of nitrogens with one attached hydrogen (secondary N) is 3. The van der Waals surface area contributed by atoms with Gasteiger partial charge in [0, 0.05) is 48.1 Å². The lowest BCUT2D eigenvalue weighted by Gasteiger charge is -2.07. The van der Waals surface area contributed by atoms with Gasteiger partial charge in [0.1, 0.15) is 5.75 Å². The Morgan fingerprint density at radius 3 is 2.06 bits per heavy atom. The predicted molar refractivity (Wildman–Crippen MR) is 131 cm³/mol. The topological polar surface area (TPSA) is 56.6 Å². The van der Waals surface area contributed by atoms with Crippen molar-refractivity contribution in [2.24, 2.45) is 0 Å². The molecule has 3 N–H and O–H groups in total. The number of aromatic amines is 3. The predicted octanol–water partition coefficient (Wildman–Crippen LogP) is 2.79. The Kier molecular flexibility index (Phi) is 4.47. The maximum absolute atomic E-state index is 5.37. The van der Waals surface area contributed by atoms with Crippen molar-refractivity contribution in [2.45, 2.75) is 0 Å². The van der Waals surface area contributed by atoms with Crippen LogP contribution in [-0.4, -0.2) is 22.1 Å². The van der Waals surface area contributed by atoms with E-state index < -0.39 is 0 Å². The van der Waals surface area contributed by atoms with Gasteiger partial charge in [-0.2, -0.15) is 0 Å². The molecule has 8 bridgehead atoms. The van der Waals surface area contributed by atoms with Crippen molar-refractivity contribution in [1.82, 2.24) is 15.0 Å². The summed E-state index contributed by atoms with van der Waals surface area (Å²) in [7, 11) is 1.69. The first-order chi connectivity index (χ1) is 15.7. The zero-order valence-corrected chi connectivity index (χ0v) is 18.3. The molecule has 1 aliphatic heterocycles. The zero-order valence-electron chi connectivity index (χ0n) is 17.5. The van der Waals surface area contributed by atoms with Crippen LogP contribution in [0.25, 0.3) is 23.8 Å². The van der Waals surface area contributed by atoms with Gasteiger partial charge in [0.05, 0.1) is 7.11 Å². The van der Waals surface area contributed by atoms with Crippen LogP contribution in [0.2, 0.25) is 0 Å². The van der Waals surface area contributed by atoms with Gasteiger partial charge in [0.2, 0.25) is 0 Å². The van der Waals surface area contributed by atoms with Gasteiger partial charge >= 0.3 is 0 Å². The molecule has 4 nitrogen and oxygen atoms in total. The molecule has 0 unspecified atom stereocenters. The fraction of sp³-hybridized carbons (Fsp3) is 0.0370. The fourth-order valence-corrected chi connectivity index (χ4v) is 5.12. The quantitative estimate of drug-likeness (QED) is 0.385. The molecule has 5 aromatic rings. The zero-order chi connectivity index (χ0) is 21.5. The molecule has 1 aliphatic rings. The highest BCUT2D eigenvalue weighted by Crippen LogP contribution is 2.23. The summed E-state index contributed by atoms with van der Waals surface area (Å²) in [5.41, 5.74) is 6.62. The van der Waals surface area contributed by atoms with Crippen molar-refractivity contribution in [2.75, 3.05) is 7.11 Å². The van der Waals surface area contributed by atoms with Crippen LogP contribution in [0, 0.1) is 0 Å². The molecule has 32 heavy (non-hydrogen) atoms. The molecule has 0 atom stereocenters. The van der Waals surface area contributed by atoms with Crippen molar-refractivity contribution < 1.29 is 4.74 Å². The van der Waals surface area contributed by atoms with E-state index in [0.717, 1.165) is 44.8 Å². The van der Waals surface area contributed by atoms with E-state index in [-0.39, 0.29) is 0 Å². The smallest absolute Gasteiger partial charge is 0.118 e. The van der Waals surface area contributed by atoms with Crippen LogP contribution < -0.4 is 24.5 Å². The molecule has 0 amide bonds. The van der Waals surface area contributed by atoms with Crippen LogP contribution in [-0.2, 0) is 0 Å². The van der Waals surface area contributed by atoms with Gasteiger partial charge < -0.3 is 19.7 Å². The van der Waals surface area contributed by atoms with E-state index in [2.05, 4.69) is 93.8 Å². The Balaban J connectivity index is 1.64. The highest BCUT2D eigenvalue weighted by molar-refractivity contribution is 7.07. The molecule has 0 spiro atoms. The Labute approximate surface area is 188 Å². The number of ether oxygens (including phenoxy) is 1. The van der Waals surface area contributed by atoms with Gasteiger partial charge in [-0.3, -0.25) is 0 Å². The standard InChI is InChI=1S/C27H21N3OS/c1-31-23-9-2-17(3-10-23)27-25-12-8-21(30-25)15-20-5-4-18(28-20)14-19-6-7-22(29-19)16-24-11-13-26(27)32-24/h2-16,28-30H,1H3/b18-14-,19-14?,20-15-,21-15?,22-16?,24-16-,27-25?,27-26-. The van der Waals surface area contributed by atoms with Crippen LogP contribution in [0.4, 0.5) is 0 Å². The van der Waals surface area contributed by atoms with Crippen molar-refractivity contribution in [3.63, 3.8) is 0 Å². The Morgan fingerprint density at radius 2 is 1.31 bits per heavy atom. The Hall–Kier alpha value is -3.96. The Morgan fingerprint density at radius 1 is 0.625 bits per heavy atom. The number of methoxy groups -OCH3 is 1. The van der Waals surface area contributed by atoms with E-state index in [9.17, 15) is 0 Å². The highest BCUT2D eigenvalue weighted by atomic mass is 32.1. The van der Waals surface area contributed by atoms with Gasteiger partial charge in [-0.25, -0.2) is 0 Å². The minimum Gasteiger partial charge on any atom is -0.497 e. The summed E-state index contributed by atoms with van der Waals surface area (Å²) in [5, 5.41) is 2.12. The summed E-state index contributed by atoms with van der Waals surface area (Å²) in [6, 6.07) is 25.3. The van der Waals surface area contributed by atoms with Crippen molar-refractivity contribution in [3.05, 3.63) is 121 Å². The summed E-state index contributed by atoms with van der Waals surface area (Å²) in [6.07, 6.45) is 6.44. The molecule has 0 saturated heterocycles. The summed E-state index contributed by atoms with van der Waals surface area (Å²) in [4.78, 5) is 10.6. The van der Waals surface area contributed by atoms with Gasteiger partial charge in [0.25, 0.3) is 0 Å². The first kappa shape index (κ1) is 18.8. The summed E-state index contributed by atoms with van der Waals surface area (Å²) < 4.78 is 7.78. The third kappa shape index (κ3) is 3.53. The fourth-order valence-electron chi connectivity index (χ4n) is 4.08. The normalized spacial score (nSPS) is 17.5. The van der Waals surface area contributed by atoms with E-state index in [4.69, 9.17) is 4.74 Å². The second kappa shape index (κ2) is 7.62. The lowest BCUT2D eigenvalue weighted by atomic mass is 10.0. The van der Waals surface area contributed by atoms with Crippen LogP contribution >= 0.6 is 11.3 Å². The number of fused-ring (bicyclic) bond motifs is 8. The number of rotatable bonds is 2. The SMILES string of the molecule is COc1ccc(/C2=c3\cc/c(s3)=C/c3ccc([nH]3)/C=c3/cc/c([nH]3)=C/c3ccc2[nH]3)cc1. The summed E-state index contributed by atoms with van der Waals surface area (Å²) in [5.74, 6) is 0.852. The molecule has 156 valence electrons. The molecule has 4 aromatic heterocycles. The number of thiophene rings is 1. The lowest BCUT2D eigenvalue weighted by Crippen LogP contribution is -2.09. The molecule has 0 fully saturated rings. The first-order valence-corrected chi connectivity index (χ1v) is 11.3. The third-order valence-corrected chi connectivity index (χ3v) is 6.66. The maximum atomic E-state index is 5.37. The molecule has 5 heterocycles. The van der Waals surface area contributed by atoms with Crippen LogP contribution in [0.5, 0.6) is 5.75 Å². The number of hydrogen-bond acceptors (Lipinski definition) is 2. The second-order valence-corrected chi connectivity index (χ2v) is 8.92. The molecule has 0 saturated carbocycles. The number of aromatic nitrogens is 3. The van der Waals surface area contributed by atoms with E-state index in [0.29, 0.717) is 0 Å². The summed E-state index contributed by atoms with van der Waals surface area (Å²) >= 11 is 1.78. The van der Waals surface area contributed by atoms with Gasteiger partial charge in [-0.1, -0.05) is 12.1 Å². The monoisotopic (exact) mass is 435 g/mol. The van der Waals surface area contributed by atoms with Crippen LogP contribution in [0.3, 0.4) is 0 Å². The molecular weight excluding hydrogens is 414 g/mol. The van der Waals surface area contributed by atoms with E-state index in [1.807, 2.05) is 12.1 Å². The van der Waals surface area contributed by atoms with Crippen molar-refractivity contribution in [3.8, 4) is 5.75 Å². The van der Waals surface area contributed by atoms with E-state index >= 15 is 0 Å². The molecule has 6 rings (SSSR count). The van der Waals surface area contributed by atoms with Gasteiger partial charge in [-0.15, -0.1) is 11.3 Å². The first-order valence-electron chi connectivity index (χ1n) is 10.5. The maximum Gasteiger partial charge on any atom is 0.118 e. The minimum absolute atomic E-state index is 0.852. The van der Waals surface area contributed by atoms with E-state index in [1.54, 1.807) is 18.4 Å². The second-order valence-electron chi connectivity index (χ2n) is 7.80. The van der Waals surface area contributed by atoms with Gasteiger partial charge in [-0.05, 0) is 84.5 Å². The lowest BCUT2D eigenvalue weighted by molar-refractivity contribution is 0.415. The average molecular weight is 436 g/mol. The molecular formula is C27H21N3OS. The average Bonchev–Trinajstić information content (AvgIpc) is 3.60. The van der Waals surface area contributed by atoms with Crippen molar-refractivity contribution in [1.29, 1.82) is 0 Å². The summed E-state index contributed by atoms with van der Waals surface area (Å²) in [6.45, 7) is 0. The minimum atomic E-state index is 0.852. The van der Waals surface area contributed by atoms with Gasteiger partial charge in [0.15, 0.2) is 0 Å². The molecule has 5 heteroatoms. The van der Waals surface area contributed by atoms with Crippen LogP contribution in [0.15, 0.2) is 72.8 Å². The highest BCUT2D eigenvalue weighted by Gasteiger charge is 2.10. The largest absolute Gasteiger partial charge is 0.497 e. The number of benzene rings is 1. The molecule has 0 aliphatic carbocycles. The van der Waals surface area contributed by atoms with Crippen molar-refractivity contribution >= 4 is 35.1 Å². The van der Waals surface area contributed by atoms with E-state index in [1.165, 1.54) is 14.6 Å². The Bertz CT molecular complexity index is 1660. The number of hydrogen-bond donors (Lipinski definition) is 3. The molecule has 0 radical (unpaired) electrons. The number of H-pyrrole nitrogens is 3. The third-order valence-electron chi connectivity index (χ3n) is 5.61.